The fourth-order valence-corrected chi connectivity index (χ4v) is 7.37. The summed E-state index contributed by atoms with van der Waals surface area (Å²) in [5, 5.41) is 0. The summed E-state index contributed by atoms with van der Waals surface area (Å²) in [5.74, 6) is 0.147. The molecule has 3 nitrogen and oxygen atoms in total. The van der Waals surface area contributed by atoms with Crippen molar-refractivity contribution in [2.75, 3.05) is 21.3 Å². The maximum Gasteiger partial charge on any atom is 0.416 e. The van der Waals surface area contributed by atoms with Crippen molar-refractivity contribution >= 4 is 0 Å². The van der Waals surface area contributed by atoms with Gasteiger partial charge in [0.1, 0.15) is 30.6 Å². The van der Waals surface area contributed by atoms with Gasteiger partial charge in [-0.1, -0.05) is 42.5 Å². The minimum absolute atomic E-state index is 0.0121. The van der Waals surface area contributed by atoms with Gasteiger partial charge >= 0.3 is 24.7 Å². The van der Waals surface area contributed by atoms with Crippen LogP contribution in [0.4, 0.5) is 52.7 Å². The fraction of sp³-hybridized carbons (Fsp3) is 0.268. The van der Waals surface area contributed by atoms with Crippen molar-refractivity contribution in [2.24, 2.45) is 0 Å². The molecule has 15 heteroatoms. The topological polar surface area (TPSA) is 18.5 Å². The van der Waals surface area contributed by atoms with Crippen LogP contribution < -0.4 is 9.47 Å². The third-order valence-electron chi connectivity index (χ3n) is 10.3. The Kier molecular flexibility index (Phi) is 10.2. The molecule has 5 aromatic carbocycles. The Morgan fingerprint density at radius 3 is 1.14 bits per heavy atom. The molecule has 0 aromatic heterocycles. The Morgan fingerprint density at radius 1 is 0.500 bits per heavy atom. The van der Waals surface area contributed by atoms with Gasteiger partial charge in [-0.3, -0.25) is 0 Å². The van der Waals surface area contributed by atoms with Crippen molar-refractivity contribution in [2.45, 2.75) is 50.8 Å². The average molecular weight is 799 g/mol. The summed E-state index contributed by atoms with van der Waals surface area (Å²) in [4.78, 5) is 0. The first kappa shape index (κ1) is 40.5. The number of benzene rings is 5. The smallest absolute Gasteiger partial charge is 0.416 e. The number of halogens is 12. The van der Waals surface area contributed by atoms with Crippen LogP contribution in [-0.2, 0) is 37.8 Å². The number of nitrogens with zero attached hydrogens (tertiary/aromatic N) is 1. The first-order valence-corrected chi connectivity index (χ1v) is 16.8. The number of quaternary nitrogens is 1. The molecule has 0 spiro atoms. The molecular weight excluding hydrogens is 766 g/mol. The molecule has 0 bridgehead atoms. The highest BCUT2D eigenvalue weighted by atomic mass is 19.4. The van der Waals surface area contributed by atoms with E-state index in [0.29, 0.717) is 24.3 Å². The van der Waals surface area contributed by atoms with Crippen molar-refractivity contribution in [1.29, 1.82) is 0 Å². The molecule has 0 fully saturated rings. The molecule has 1 heterocycles. The highest BCUT2D eigenvalue weighted by Crippen LogP contribution is 2.53. The van der Waals surface area contributed by atoms with E-state index in [9.17, 15) is 52.7 Å². The van der Waals surface area contributed by atoms with Crippen molar-refractivity contribution < 1.29 is 66.6 Å². The molecule has 56 heavy (non-hydrogen) atoms. The Balaban J connectivity index is 1.78. The van der Waals surface area contributed by atoms with E-state index in [-0.39, 0.29) is 74.6 Å². The summed E-state index contributed by atoms with van der Waals surface area (Å²) in [6.45, 7) is 1.60. The van der Waals surface area contributed by atoms with Crippen molar-refractivity contribution in [3.63, 3.8) is 0 Å². The Bertz CT molecular complexity index is 2070. The monoisotopic (exact) mass is 798 g/mol. The van der Waals surface area contributed by atoms with Crippen LogP contribution in [0, 0.1) is 0 Å². The average Bonchev–Trinajstić information content (AvgIpc) is 3.27. The molecule has 0 unspecified atom stereocenters. The number of hydrogen-bond acceptors (Lipinski definition) is 2. The normalized spacial score (nSPS) is 15.1. The second-order valence-electron chi connectivity index (χ2n) is 13.8. The Hall–Kier alpha value is -5.18. The molecule has 1 aliphatic rings. The highest BCUT2D eigenvalue weighted by molar-refractivity contribution is 5.91. The molecular formula is C41H32F12NO2+. The van der Waals surface area contributed by atoms with Gasteiger partial charge in [0.05, 0.1) is 43.5 Å². The van der Waals surface area contributed by atoms with E-state index in [2.05, 4.69) is 0 Å². The summed E-state index contributed by atoms with van der Waals surface area (Å²) in [6, 6.07) is 16.1. The summed E-state index contributed by atoms with van der Waals surface area (Å²) in [6.07, 6.45) is -20.7. The number of ether oxygens (including phenoxy) is 2. The molecule has 0 radical (unpaired) electrons. The molecule has 1 atom stereocenters. The predicted octanol–water partition coefficient (Wildman–Crippen LogP) is 13.0. The van der Waals surface area contributed by atoms with Crippen LogP contribution in [-0.4, -0.2) is 25.8 Å². The van der Waals surface area contributed by atoms with Gasteiger partial charge < -0.3 is 14.0 Å². The van der Waals surface area contributed by atoms with Crippen LogP contribution in [0.25, 0.3) is 33.4 Å². The lowest BCUT2D eigenvalue weighted by atomic mass is 9.85. The fourth-order valence-electron chi connectivity index (χ4n) is 7.37. The van der Waals surface area contributed by atoms with Gasteiger partial charge in [-0.15, -0.1) is 0 Å². The SMILES string of the molecule is COc1ccc(-c2cc(C(F)(F)F)cc(C(F)(F)F)c2)c2c1-c1c(OC)ccc(-c3cc(C(F)(F)F)cc(C(F)(F)F)c3)c1C[N+](C)([C@H](C)c1ccccc1)C2. The molecule has 1 aliphatic heterocycles. The van der Waals surface area contributed by atoms with E-state index < -0.39 is 64.1 Å². The van der Waals surface area contributed by atoms with Gasteiger partial charge in [0.25, 0.3) is 0 Å². The van der Waals surface area contributed by atoms with E-state index in [0.717, 1.165) is 5.56 Å². The zero-order chi connectivity index (χ0) is 41.2. The largest absolute Gasteiger partial charge is 0.496 e. The molecule has 0 aliphatic carbocycles. The second kappa shape index (κ2) is 14.1. The van der Waals surface area contributed by atoms with Crippen LogP contribution in [0.5, 0.6) is 11.5 Å². The number of alkyl halides is 12. The number of fused-ring (bicyclic) bond motifs is 3. The molecule has 0 amide bonds. The van der Waals surface area contributed by atoms with Crippen LogP contribution in [0.1, 0.15) is 51.9 Å². The minimum Gasteiger partial charge on any atom is -0.496 e. The standard InChI is InChI=1S/C41H32F12NO2/c1-22(23-8-6-5-7-9-23)54(2)20-32-30(24-14-26(38(42,43)44)18-27(15-24)39(45,46)47)10-12-34(55-3)36(32)37-33(21-54)31(11-13-35(37)56-4)25-16-28(40(48,49)50)19-29(17-25)41(51,52)53/h5-19,22H,20-21H2,1-4H3/q+1/t22-/m1/s1. The lowest BCUT2D eigenvalue weighted by Gasteiger charge is -2.40. The van der Waals surface area contributed by atoms with Gasteiger partial charge in [-0.25, -0.2) is 0 Å². The van der Waals surface area contributed by atoms with Crippen LogP contribution in [0.3, 0.4) is 0 Å². The molecule has 0 saturated carbocycles. The van der Waals surface area contributed by atoms with Crippen LogP contribution >= 0.6 is 0 Å². The number of rotatable bonds is 6. The molecule has 0 N–H and O–H groups in total. The van der Waals surface area contributed by atoms with Gasteiger partial charge in [0.15, 0.2) is 0 Å². The van der Waals surface area contributed by atoms with E-state index in [4.69, 9.17) is 9.47 Å². The Morgan fingerprint density at radius 2 is 0.839 bits per heavy atom. The maximum absolute atomic E-state index is 14.1. The summed E-state index contributed by atoms with van der Waals surface area (Å²) in [5.41, 5.74) is -5.75. The molecule has 5 aromatic rings. The third-order valence-corrected chi connectivity index (χ3v) is 10.3. The van der Waals surface area contributed by atoms with E-state index >= 15 is 0 Å². The lowest BCUT2D eigenvalue weighted by Crippen LogP contribution is -2.44. The third kappa shape index (κ3) is 7.65. The van der Waals surface area contributed by atoms with E-state index in [1.165, 1.54) is 38.5 Å². The summed E-state index contributed by atoms with van der Waals surface area (Å²) >= 11 is 0. The zero-order valence-electron chi connectivity index (χ0n) is 30.0. The van der Waals surface area contributed by atoms with Crippen molar-refractivity contribution in [3.8, 4) is 44.9 Å². The second-order valence-corrected chi connectivity index (χ2v) is 13.8. The lowest BCUT2D eigenvalue weighted by molar-refractivity contribution is -0.962. The zero-order valence-corrected chi connectivity index (χ0v) is 30.0. The van der Waals surface area contributed by atoms with Gasteiger partial charge in [-0.2, -0.15) is 52.7 Å². The minimum atomic E-state index is -5.17. The highest BCUT2D eigenvalue weighted by Gasteiger charge is 2.43. The van der Waals surface area contributed by atoms with Crippen molar-refractivity contribution in [3.05, 3.63) is 130 Å². The maximum atomic E-state index is 14.1. The first-order chi connectivity index (χ1) is 26.0. The number of methoxy groups -OCH3 is 2. The predicted molar refractivity (Wildman–Crippen MR) is 184 cm³/mol. The first-order valence-electron chi connectivity index (χ1n) is 16.8. The van der Waals surface area contributed by atoms with Gasteiger partial charge in [-0.05, 0) is 77.7 Å². The van der Waals surface area contributed by atoms with E-state index in [1.807, 2.05) is 6.92 Å². The molecule has 296 valence electrons. The summed E-state index contributed by atoms with van der Waals surface area (Å²) < 4.78 is 181. The van der Waals surface area contributed by atoms with Gasteiger partial charge in [0.2, 0.25) is 0 Å². The Labute approximate surface area is 313 Å². The quantitative estimate of drug-likeness (QED) is 0.126. The van der Waals surface area contributed by atoms with E-state index in [1.54, 1.807) is 37.4 Å². The summed E-state index contributed by atoms with van der Waals surface area (Å²) in [7, 11) is 4.28. The van der Waals surface area contributed by atoms with Crippen molar-refractivity contribution in [1.82, 2.24) is 0 Å². The van der Waals surface area contributed by atoms with Crippen LogP contribution in [0.2, 0.25) is 0 Å². The number of hydrogen-bond donors (Lipinski definition) is 0. The molecule has 6 rings (SSSR count). The molecule has 0 saturated heterocycles. The van der Waals surface area contributed by atoms with Crippen LogP contribution in [0.15, 0.2) is 91.0 Å². The van der Waals surface area contributed by atoms with Gasteiger partial charge in [0, 0.05) is 27.8 Å².